The van der Waals surface area contributed by atoms with E-state index in [4.69, 9.17) is 10.5 Å². The predicted molar refractivity (Wildman–Crippen MR) is 85.1 cm³/mol. The minimum atomic E-state index is 0.0739. The van der Waals surface area contributed by atoms with Crippen LogP contribution < -0.4 is 15.8 Å². The van der Waals surface area contributed by atoms with E-state index in [-0.39, 0.29) is 5.91 Å². The van der Waals surface area contributed by atoms with Crippen LogP contribution in [0.5, 0.6) is 5.75 Å². The van der Waals surface area contributed by atoms with Crippen molar-refractivity contribution in [1.29, 1.82) is 0 Å². The van der Waals surface area contributed by atoms with E-state index in [0.717, 1.165) is 6.42 Å². The third-order valence-corrected chi connectivity index (χ3v) is 4.51. The lowest BCUT2D eigenvalue weighted by Crippen LogP contribution is -2.44. The van der Waals surface area contributed by atoms with Gasteiger partial charge in [0.05, 0.1) is 13.0 Å². The Morgan fingerprint density at radius 3 is 2.95 bits per heavy atom. The number of nitrogens with two attached hydrogens (primary N) is 1. The number of amides is 1. The van der Waals surface area contributed by atoms with Gasteiger partial charge < -0.3 is 15.8 Å². The molecular weight excluding hydrogens is 264 g/mol. The van der Waals surface area contributed by atoms with Crippen LogP contribution >= 0.6 is 0 Å². The third-order valence-electron chi connectivity index (χ3n) is 4.51. The number of nitrogen functional groups attached to an aromatic ring is 1. The molecule has 1 aromatic rings. The first-order chi connectivity index (χ1) is 10.1. The lowest BCUT2D eigenvalue weighted by Gasteiger charge is -2.34. The SMILES string of the molecule is CC1CCCC(NC(=O)CCOc2cccc(N)c2)C1C. The highest BCUT2D eigenvalue weighted by Gasteiger charge is 2.27. The smallest absolute Gasteiger partial charge is 0.223 e. The van der Waals surface area contributed by atoms with Crippen LogP contribution in [-0.2, 0) is 4.79 Å². The van der Waals surface area contributed by atoms with Crippen LogP contribution in [0, 0.1) is 11.8 Å². The molecule has 0 aromatic heterocycles. The van der Waals surface area contributed by atoms with Gasteiger partial charge in [-0.25, -0.2) is 0 Å². The molecule has 1 fully saturated rings. The van der Waals surface area contributed by atoms with Gasteiger partial charge in [-0.3, -0.25) is 4.79 Å². The Labute approximate surface area is 127 Å². The Morgan fingerprint density at radius 2 is 2.19 bits per heavy atom. The minimum Gasteiger partial charge on any atom is -0.493 e. The van der Waals surface area contributed by atoms with Crippen molar-refractivity contribution in [1.82, 2.24) is 5.32 Å². The Balaban J connectivity index is 1.72. The monoisotopic (exact) mass is 290 g/mol. The van der Waals surface area contributed by atoms with Crippen molar-refractivity contribution in [2.75, 3.05) is 12.3 Å². The molecular formula is C17H26N2O2. The van der Waals surface area contributed by atoms with Gasteiger partial charge >= 0.3 is 0 Å². The van der Waals surface area contributed by atoms with Crippen molar-refractivity contribution < 1.29 is 9.53 Å². The summed E-state index contributed by atoms with van der Waals surface area (Å²) < 4.78 is 5.55. The van der Waals surface area contributed by atoms with Gasteiger partial charge in [0, 0.05) is 17.8 Å². The molecule has 4 heteroatoms. The number of hydrogen-bond acceptors (Lipinski definition) is 3. The van der Waals surface area contributed by atoms with Gasteiger partial charge in [0.2, 0.25) is 5.91 Å². The Bertz CT molecular complexity index is 476. The van der Waals surface area contributed by atoms with Gasteiger partial charge in [-0.1, -0.05) is 32.8 Å². The second-order valence-corrected chi connectivity index (χ2v) is 6.11. The summed E-state index contributed by atoms with van der Waals surface area (Å²) >= 11 is 0. The highest BCUT2D eigenvalue weighted by molar-refractivity contribution is 5.76. The van der Waals surface area contributed by atoms with Crippen molar-refractivity contribution in [2.45, 2.75) is 45.6 Å². The van der Waals surface area contributed by atoms with Crippen molar-refractivity contribution in [2.24, 2.45) is 11.8 Å². The number of carbonyl (C=O) groups is 1. The summed E-state index contributed by atoms with van der Waals surface area (Å²) in [5.74, 6) is 2.03. The lowest BCUT2D eigenvalue weighted by atomic mass is 9.78. The van der Waals surface area contributed by atoms with E-state index >= 15 is 0 Å². The van der Waals surface area contributed by atoms with Crippen LogP contribution in [0.15, 0.2) is 24.3 Å². The number of ether oxygens (including phenoxy) is 1. The second kappa shape index (κ2) is 7.34. The Kier molecular flexibility index (Phi) is 5.48. The molecule has 0 saturated heterocycles. The van der Waals surface area contributed by atoms with Gasteiger partial charge in [-0.05, 0) is 30.4 Å². The summed E-state index contributed by atoms with van der Waals surface area (Å²) in [6.07, 6.45) is 3.95. The minimum absolute atomic E-state index is 0.0739. The zero-order chi connectivity index (χ0) is 15.2. The Morgan fingerprint density at radius 1 is 1.38 bits per heavy atom. The fourth-order valence-electron chi connectivity index (χ4n) is 2.93. The zero-order valence-corrected chi connectivity index (χ0v) is 13.0. The van der Waals surface area contributed by atoms with E-state index in [1.807, 2.05) is 18.2 Å². The van der Waals surface area contributed by atoms with E-state index in [1.54, 1.807) is 6.07 Å². The molecule has 0 aliphatic heterocycles. The number of hydrogen-bond donors (Lipinski definition) is 2. The maximum absolute atomic E-state index is 12.0. The van der Waals surface area contributed by atoms with Crippen LogP contribution in [0.3, 0.4) is 0 Å². The van der Waals surface area contributed by atoms with Gasteiger partial charge in [0.15, 0.2) is 0 Å². The van der Waals surface area contributed by atoms with E-state index in [1.165, 1.54) is 12.8 Å². The second-order valence-electron chi connectivity index (χ2n) is 6.11. The normalized spacial score (nSPS) is 25.3. The first-order valence-electron chi connectivity index (χ1n) is 7.84. The largest absolute Gasteiger partial charge is 0.493 e. The first-order valence-corrected chi connectivity index (χ1v) is 7.84. The van der Waals surface area contributed by atoms with Crippen LogP contribution in [0.25, 0.3) is 0 Å². The standard InChI is InChI=1S/C17H26N2O2/c1-12-5-3-8-16(13(12)2)19-17(20)9-10-21-15-7-4-6-14(18)11-15/h4,6-7,11-13,16H,3,5,8-10,18H2,1-2H3,(H,19,20). The van der Waals surface area contributed by atoms with E-state index in [0.29, 0.717) is 42.3 Å². The molecule has 1 saturated carbocycles. The average molecular weight is 290 g/mol. The quantitative estimate of drug-likeness (QED) is 0.819. The van der Waals surface area contributed by atoms with Crippen LogP contribution in [0.1, 0.15) is 39.5 Å². The fraction of sp³-hybridized carbons (Fsp3) is 0.588. The van der Waals surface area contributed by atoms with Crippen molar-refractivity contribution >= 4 is 11.6 Å². The summed E-state index contributed by atoms with van der Waals surface area (Å²) in [7, 11) is 0. The van der Waals surface area contributed by atoms with Crippen LogP contribution in [0.4, 0.5) is 5.69 Å². The molecule has 1 aliphatic carbocycles. The molecule has 0 radical (unpaired) electrons. The topological polar surface area (TPSA) is 64.3 Å². The molecule has 1 aliphatic rings. The molecule has 3 atom stereocenters. The summed E-state index contributed by atoms with van der Waals surface area (Å²) in [5, 5.41) is 3.15. The molecule has 3 unspecified atom stereocenters. The van der Waals surface area contributed by atoms with E-state index in [9.17, 15) is 4.79 Å². The third kappa shape index (κ3) is 4.66. The van der Waals surface area contributed by atoms with Crippen molar-refractivity contribution in [3.8, 4) is 5.75 Å². The van der Waals surface area contributed by atoms with E-state index < -0.39 is 0 Å². The number of anilines is 1. The van der Waals surface area contributed by atoms with E-state index in [2.05, 4.69) is 19.2 Å². The summed E-state index contributed by atoms with van der Waals surface area (Å²) in [6, 6.07) is 7.58. The first kappa shape index (κ1) is 15.7. The molecule has 21 heavy (non-hydrogen) atoms. The summed E-state index contributed by atoms with van der Waals surface area (Å²) in [4.78, 5) is 12.0. The molecule has 4 nitrogen and oxygen atoms in total. The summed E-state index contributed by atoms with van der Waals surface area (Å²) in [6.45, 7) is 4.88. The van der Waals surface area contributed by atoms with Crippen LogP contribution in [-0.4, -0.2) is 18.6 Å². The highest BCUT2D eigenvalue weighted by atomic mass is 16.5. The average Bonchev–Trinajstić information content (AvgIpc) is 2.44. The number of rotatable bonds is 5. The van der Waals surface area contributed by atoms with Crippen molar-refractivity contribution in [3.05, 3.63) is 24.3 Å². The molecule has 0 spiro atoms. The molecule has 1 amide bonds. The molecule has 116 valence electrons. The number of carbonyl (C=O) groups excluding carboxylic acids is 1. The molecule has 1 aromatic carbocycles. The maximum atomic E-state index is 12.0. The number of benzene rings is 1. The van der Waals surface area contributed by atoms with Gasteiger partial charge in [-0.15, -0.1) is 0 Å². The highest BCUT2D eigenvalue weighted by Crippen LogP contribution is 2.29. The Hall–Kier alpha value is -1.71. The zero-order valence-electron chi connectivity index (χ0n) is 13.0. The summed E-state index contributed by atoms with van der Waals surface area (Å²) in [5.41, 5.74) is 6.35. The molecule has 0 heterocycles. The fourth-order valence-corrected chi connectivity index (χ4v) is 2.93. The molecule has 3 N–H and O–H groups in total. The van der Waals surface area contributed by atoms with Gasteiger partial charge in [0.1, 0.15) is 5.75 Å². The number of nitrogens with one attached hydrogen (secondary N) is 1. The maximum Gasteiger partial charge on any atom is 0.223 e. The van der Waals surface area contributed by atoms with Crippen molar-refractivity contribution in [3.63, 3.8) is 0 Å². The van der Waals surface area contributed by atoms with Gasteiger partial charge in [0.25, 0.3) is 0 Å². The molecule has 0 bridgehead atoms. The molecule has 2 rings (SSSR count). The predicted octanol–water partition coefficient (Wildman–Crippen LogP) is 2.98. The lowest BCUT2D eigenvalue weighted by molar-refractivity contribution is -0.123. The van der Waals surface area contributed by atoms with Gasteiger partial charge in [-0.2, -0.15) is 0 Å². The van der Waals surface area contributed by atoms with Crippen LogP contribution in [0.2, 0.25) is 0 Å².